The number of nitrogens with one attached hydrogen (secondary N) is 1. The van der Waals surface area contributed by atoms with Crippen LogP contribution in [0.3, 0.4) is 0 Å². The van der Waals surface area contributed by atoms with E-state index in [0.29, 0.717) is 6.61 Å². The Hall–Kier alpha value is -2.79. The number of nitrogens with zero attached hydrogens (tertiary/aromatic N) is 2. The van der Waals surface area contributed by atoms with Crippen LogP contribution in [-0.2, 0) is 13.0 Å². The molecule has 0 aliphatic carbocycles. The monoisotopic (exact) mass is 405 g/mol. The summed E-state index contributed by atoms with van der Waals surface area (Å²) in [6, 6.07) is 23.3. The maximum atomic E-state index is 5.82. The predicted octanol–water partition coefficient (Wildman–Crippen LogP) is 4.41. The number of fused-ring (bicyclic) bond motifs is 1. The second kappa shape index (κ2) is 9.14. The van der Waals surface area contributed by atoms with Crippen molar-refractivity contribution in [1.82, 2.24) is 14.8 Å². The molecule has 0 spiro atoms. The second-order valence-electron chi connectivity index (χ2n) is 7.19. The number of aromatic nitrogens is 1. The molecule has 29 heavy (non-hydrogen) atoms. The molecule has 5 heteroatoms. The second-order valence-corrected chi connectivity index (χ2v) is 7.58. The molecule has 3 aromatic rings. The predicted molar refractivity (Wildman–Crippen MR) is 121 cm³/mol. The minimum absolute atomic E-state index is 0.103. The fourth-order valence-corrected chi connectivity index (χ4v) is 4.22. The standard InChI is InChI=1S/C24H27N3OS/c1-2-28-21-12-10-20(11-13-21)23-22-9-6-16-26(22)17-18-27(23)24(29)25-15-14-19-7-4-3-5-8-19/h3-13,16,23H,2,14-15,17-18H2,1H3,(H,25,29)/t23-/m1/s1. The normalized spacial score (nSPS) is 15.6. The molecule has 0 bridgehead atoms. The van der Waals surface area contributed by atoms with Gasteiger partial charge in [-0.15, -0.1) is 0 Å². The van der Waals surface area contributed by atoms with Crippen LogP contribution in [0.4, 0.5) is 0 Å². The maximum Gasteiger partial charge on any atom is 0.169 e. The highest BCUT2D eigenvalue weighted by Crippen LogP contribution is 2.33. The smallest absolute Gasteiger partial charge is 0.169 e. The lowest BCUT2D eigenvalue weighted by molar-refractivity contribution is 0.285. The van der Waals surface area contributed by atoms with Gasteiger partial charge < -0.3 is 19.5 Å². The van der Waals surface area contributed by atoms with Gasteiger partial charge in [-0.05, 0) is 61.0 Å². The van der Waals surface area contributed by atoms with Crippen molar-refractivity contribution in [3.05, 3.63) is 89.7 Å². The SMILES string of the molecule is CCOc1ccc([C@@H]2c3cccn3CCN2C(=S)NCCc2ccccc2)cc1. The summed E-state index contributed by atoms with van der Waals surface area (Å²) < 4.78 is 7.94. The van der Waals surface area contributed by atoms with Gasteiger partial charge in [0.25, 0.3) is 0 Å². The minimum atomic E-state index is 0.103. The zero-order chi connectivity index (χ0) is 20.1. The topological polar surface area (TPSA) is 29.4 Å². The zero-order valence-corrected chi connectivity index (χ0v) is 17.6. The van der Waals surface area contributed by atoms with Crippen molar-refractivity contribution in [3.63, 3.8) is 0 Å². The first-order valence-corrected chi connectivity index (χ1v) is 10.6. The van der Waals surface area contributed by atoms with Gasteiger partial charge in [0.1, 0.15) is 5.75 Å². The highest BCUT2D eigenvalue weighted by molar-refractivity contribution is 7.80. The Balaban J connectivity index is 1.50. The van der Waals surface area contributed by atoms with Gasteiger partial charge in [-0.1, -0.05) is 42.5 Å². The van der Waals surface area contributed by atoms with E-state index in [9.17, 15) is 0 Å². The molecule has 0 amide bonds. The van der Waals surface area contributed by atoms with Gasteiger partial charge in [0, 0.05) is 31.5 Å². The Morgan fingerprint density at radius 3 is 2.59 bits per heavy atom. The summed E-state index contributed by atoms with van der Waals surface area (Å²) in [7, 11) is 0. The number of thiocarbonyl (C=S) groups is 1. The van der Waals surface area contributed by atoms with Crippen LogP contribution in [0.5, 0.6) is 5.75 Å². The van der Waals surface area contributed by atoms with Gasteiger partial charge in [0.15, 0.2) is 5.11 Å². The molecule has 0 fully saturated rings. The van der Waals surface area contributed by atoms with Crippen molar-refractivity contribution in [2.24, 2.45) is 0 Å². The van der Waals surface area contributed by atoms with E-state index in [1.165, 1.54) is 16.8 Å². The Labute approximate surface area is 178 Å². The van der Waals surface area contributed by atoms with E-state index in [1.54, 1.807) is 0 Å². The molecule has 1 aliphatic rings. The van der Waals surface area contributed by atoms with Crippen LogP contribution in [0.1, 0.15) is 29.8 Å². The molecule has 4 nitrogen and oxygen atoms in total. The van der Waals surface area contributed by atoms with Crippen molar-refractivity contribution in [2.75, 3.05) is 19.7 Å². The summed E-state index contributed by atoms with van der Waals surface area (Å²) >= 11 is 5.82. The first kappa shape index (κ1) is 19.5. The van der Waals surface area contributed by atoms with Crippen LogP contribution in [0, 0.1) is 0 Å². The highest BCUT2D eigenvalue weighted by atomic mass is 32.1. The molecule has 4 rings (SSSR count). The molecular weight excluding hydrogens is 378 g/mol. The van der Waals surface area contributed by atoms with Crippen molar-refractivity contribution < 1.29 is 4.74 Å². The van der Waals surface area contributed by atoms with E-state index in [0.717, 1.165) is 36.9 Å². The van der Waals surface area contributed by atoms with Crippen molar-refractivity contribution in [3.8, 4) is 5.75 Å². The molecule has 0 unspecified atom stereocenters. The average molecular weight is 406 g/mol. The van der Waals surface area contributed by atoms with Crippen molar-refractivity contribution >= 4 is 17.3 Å². The number of benzene rings is 2. The van der Waals surface area contributed by atoms with Gasteiger partial charge in [0.2, 0.25) is 0 Å². The van der Waals surface area contributed by atoms with Gasteiger partial charge in [-0.3, -0.25) is 0 Å². The van der Waals surface area contributed by atoms with Crippen LogP contribution < -0.4 is 10.1 Å². The summed E-state index contributed by atoms with van der Waals surface area (Å²) in [6.45, 7) is 5.33. The maximum absolute atomic E-state index is 5.82. The molecule has 1 N–H and O–H groups in total. The molecule has 2 aromatic carbocycles. The largest absolute Gasteiger partial charge is 0.494 e. The molecule has 1 aliphatic heterocycles. The van der Waals surface area contributed by atoms with Gasteiger partial charge in [0.05, 0.1) is 12.6 Å². The Morgan fingerprint density at radius 1 is 1.03 bits per heavy atom. The van der Waals surface area contributed by atoms with Gasteiger partial charge >= 0.3 is 0 Å². The minimum Gasteiger partial charge on any atom is -0.494 e. The fraction of sp³-hybridized carbons (Fsp3) is 0.292. The summed E-state index contributed by atoms with van der Waals surface area (Å²) in [6.07, 6.45) is 3.11. The summed E-state index contributed by atoms with van der Waals surface area (Å²) in [4.78, 5) is 2.31. The number of rotatable bonds is 6. The van der Waals surface area contributed by atoms with Crippen LogP contribution in [0.15, 0.2) is 72.9 Å². The Morgan fingerprint density at radius 2 is 1.83 bits per heavy atom. The quantitative estimate of drug-likeness (QED) is 0.615. The van der Waals surface area contributed by atoms with E-state index in [2.05, 4.69) is 69.5 Å². The molecule has 0 saturated heterocycles. The summed E-state index contributed by atoms with van der Waals surface area (Å²) in [5, 5.41) is 4.29. The van der Waals surface area contributed by atoms with Crippen LogP contribution in [-0.4, -0.2) is 34.3 Å². The third-order valence-corrected chi connectivity index (χ3v) is 5.72. The lowest BCUT2D eigenvalue weighted by Gasteiger charge is -2.39. The number of hydrogen-bond acceptors (Lipinski definition) is 2. The van der Waals surface area contributed by atoms with E-state index in [-0.39, 0.29) is 6.04 Å². The van der Waals surface area contributed by atoms with Crippen molar-refractivity contribution in [2.45, 2.75) is 25.9 Å². The first-order chi connectivity index (χ1) is 14.3. The molecule has 1 atom stereocenters. The lowest BCUT2D eigenvalue weighted by atomic mass is 10.00. The number of ether oxygens (including phenoxy) is 1. The van der Waals surface area contributed by atoms with E-state index in [4.69, 9.17) is 17.0 Å². The van der Waals surface area contributed by atoms with Crippen molar-refractivity contribution in [1.29, 1.82) is 0 Å². The zero-order valence-electron chi connectivity index (χ0n) is 16.8. The van der Waals surface area contributed by atoms with E-state index >= 15 is 0 Å². The summed E-state index contributed by atoms with van der Waals surface area (Å²) in [5.41, 5.74) is 3.81. The third-order valence-electron chi connectivity index (χ3n) is 5.34. The van der Waals surface area contributed by atoms with E-state index < -0.39 is 0 Å². The Bertz CT molecular complexity index is 936. The molecule has 0 saturated carbocycles. The summed E-state index contributed by atoms with van der Waals surface area (Å²) in [5.74, 6) is 0.901. The average Bonchev–Trinajstić information content (AvgIpc) is 3.23. The third kappa shape index (κ3) is 4.46. The lowest BCUT2D eigenvalue weighted by Crippen LogP contribution is -2.47. The fourth-order valence-electron chi connectivity index (χ4n) is 3.93. The molecular formula is C24H27N3OS. The van der Waals surface area contributed by atoms with E-state index in [1.807, 2.05) is 25.1 Å². The first-order valence-electron chi connectivity index (χ1n) is 10.2. The molecule has 2 heterocycles. The van der Waals surface area contributed by atoms with Crippen LogP contribution >= 0.6 is 12.2 Å². The number of hydrogen-bond donors (Lipinski definition) is 1. The highest BCUT2D eigenvalue weighted by Gasteiger charge is 2.30. The molecule has 1 aromatic heterocycles. The van der Waals surface area contributed by atoms with Gasteiger partial charge in [-0.25, -0.2) is 0 Å². The van der Waals surface area contributed by atoms with Gasteiger partial charge in [-0.2, -0.15) is 0 Å². The van der Waals surface area contributed by atoms with Crippen LogP contribution in [0.2, 0.25) is 0 Å². The molecule has 150 valence electrons. The Kier molecular flexibility index (Phi) is 6.15. The molecule has 0 radical (unpaired) electrons. The van der Waals surface area contributed by atoms with Crippen LogP contribution in [0.25, 0.3) is 0 Å².